The van der Waals surface area contributed by atoms with Gasteiger partial charge in [0.05, 0.1) is 0 Å². The SMILES string of the molecule is CSCCc1sc(C)cc1C(C)(C)N. The summed E-state index contributed by atoms with van der Waals surface area (Å²) in [6.07, 6.45) is 3.30. The van der Waals surface area contributed by atoms with E-state index < -0.39 is 0 Å². The summed E-state index contributed by atoms with van der Waals surface area (Å²) in [6, 6.07) is 2.24. The second-order valence-corrected chi connectivity index (χ2v) is 6.48. The highest BCUT2D eigenvalue weighted by Crippen LogP contribution is 2.30. The van der Waals surface area contributed by atoms with E-state index in [0.29, 0.717) is 0 Å². The molecule has 0 bridgehead atoms. The van der Waals surface area contributed by atoms with E-state index >= 15 is 0 Å². The van der Waals surface area contributed by atoms with Crippen molar-refractivity contribution < 1.29 is 0 Å². The Balaban J connectivity index is 2.91. The van der Waals surface area contributed by atoms with Crippen molar-refractivity contribution in [3.8, 4) is 0 Å². The quantitative estimate of drug-likeness (QED) is 0.858. The number of hydrogen-bond acceptors (Lipinski definition) is 3. The molecule has 0 aromatic carbocycles. The van der Waals surface area contributed by atoms with Crippen molar-refractivity contribution in [2.24, 2.45) is 5.73 Å². The first-order valence-corrected chi connectivity index (χ1v) is 7.04. The number of aryl methyl sites for hydroxylation is 2. The summed E-state index contributed by atoms with van der Waals surface area (Å²) < 4.78 is 0. The molecule has 0 spiro atoms. The topological polar surface area (TPSA) is 26.0 Å². The van der Waals surface area contributed by atoms with Crippen LogP contribution >= 0.6 is 23.1 Å². The zero-order valence-electron chi connectivity index (χ0n) is 9.39. The molecule has 0 amide bonds. The standard InChI is InChI=1S/C11H19NS2/c1-8-7-9(11(2,3)12)10(14-8)5-6-13-4/h7H,5-6,12H2,1-4H3. The molecule has 1 aromatic rings. The van der Waals surface area contributed by atoms with Gasteiger partial charge in [-0.1, -0.05) is 0 Å². The van der Waals surface area contributed by atoms with Crippen LogP contribution in [0, 0.1) is 6.92 Å². The fourth-order valence-corrected chi connectivity index (χ4v) is 3.23. The third kappa shape index (κ3) is 3.01. The van der Waals surface area contributed by atoms with E-state index in [1.54, 1.807) is 0 Å². The first-order chi connectivity index (χ1) is 6.45. The maximum Gasteiger partial charge on any atom is 0.0363 e. The van der Waals surface area contributed by atoms with Gasteiger partial charge in [0.15, 0.2) is 0 Å². The van der Waals surface area contributed by atoms with Gasteiger partial charge in [0, 0.05) is 15.3 Å². The second kappa shape index (κ2) is 4.69. The van der Waals surface area contributed by atoms with Crippen LogP contribution in [-0.2, 0) is 12.0 Å². The number of rotatable bonds is 4. The summed E-state index contributed by atoms with van der Waals surface area (Å²) in [5.41, 5.74) is 7.27. The predicted molar refractivity (Wildman–Crippen MR) is 68.4 cm³/mol. The van der Waals surface area contributed by atoms with E-state index in [4.69, 9.17) is 5.73 Å². The Morgan fingerprint density at radius 3 is 2.64 bits per heavy atom. The van der Waals surface area contributed by atoms with Gasteiger partial charge >= 0.3 is 0 Å². The van der Waals surface area contributed by atoms with Gasteiger partial charge in [-0.25, -0.2) is 0 Å². The minimum atomic E-state index is -0.196. The molecule has 0 aliphatic rings. The highest BCUT2D eigenvalue weighted by molar-refractivity contribution is 7.98. The highest BCUT2D eigenvalue weighted by atomic mass is 32.2. The molecule has 0 saturated heterocycles. The Bertz CT molecular complexity index is 297. The summed E-state index contributed by atoms with van der Waals surface area (Å²) in [6.45, 7) is 6.32. The second-order valence-electron chi connectivity index (χ2n) is 4.16. The first kappa shape index (κ1) is 12.1. The van der Waals surface area contributed by atoms with Crippen LogP contribution in [0.4, 0.5) is 0 Å². The lowest BCUT2D eigenvalue weighted by atomic mass is 9.95. The molecule has 2 N–H and O–H groups in total. The molecule has 14 heavy (non-hydrogen) atoms. The maximum atomic E-state index is 6.14. The highest BCUT2D eigenvalue weighted by Gasteiger charge is 2.20. The van der Waals surface area contributed by atoms with Gasteiger partial charge in [-0.05, 0) is 50.8 Å². The Labute approximate surface area is 95.1 Å². The third-order valence-corrected chi connectivity index (χ3v) is 3.88. The van der Waals surface area contributed by atoms with E-state index in [-0.39, 0.29) is 5.54 Å². The van der Waals surface area contributed by atoms with Crippen LogP contribution in [0.2, 0.25) is 0 Å². The molecule has 0 fully saturated rings. The van der Waals surface area contributed by atoms with Crippen molar-refractivity contribution in [2.45, 2.75) is 32.7 Å². The minimum absolute atomic E-state index is 0.196. The summed E-state index contributed by atoms with van der Waals surface area (Å²) >= 11 is 3.78. The summed E-state index contributed by atoms with van der Waals surface area (Å²) in [5.74, 6) is 1.18. The molecule has 3 heteroatoms. The molecule has 0 radical (unpaired) electrons. The monoisotopic (exact) mass is 229 g/mol. The number of nitrogens with two attached hydrogens (primary N) is 1. The zero-order valence-corrected chi connectivity index (χ0v) is 11.0. The molecule has 1 nitrogen and oxygen atoms in total. The molecule has 0 unspecified atom stereocenters. The van der Waals surface area contributed by atoms with E-state index in [9.17, 15) is 0 Å². The van der Waals surface area contributed by atoms with Crippen LogP contribution in [0.25, 0.3) is 0 Å². The molecule has 0 aliphatic heterocycles. The lowest BCUT2D eigenvalue weighted by molar-refractivity contribution is 0.551. The third-order valence-electron chi connectivity index (χ3n) is 2.16. The van der Waals surface area contributed by atoms with Gasteiger partial charge in [0.2, 0.25) is 0 Å². The Morgan fingerprint density at radius 2 is 2.14 bits per heavy atom. The van der Waals surface area contributed by atoms with Crippen molar-refractivity contribution >= 4 is 23.1 Å². The van der Waals surface area contributed by atoms with Gasteiger partial charge in [0.25, 0.3) is 0 Å². The minimum Gasteiger partial charge on any atom is -0.322 e. The van der Waals surface area contributed by atoms with Gasteiger partial charge in [-0.2, -0.15) is 11.8 Å². The van der Waals surface area contributed by atoms with E-state index in [1.807, 2.05) is 23.1 Å². The Hall–Kier alpha value is 0.01000. The molecule has 1 heterocycles. The average molecular weight is 229 g/mol. The van der Waals surface area contributed by atoms with Crippen LogP contribution in [-0.4, -0.2) is 12.0 Å². The molecule has 0 atom stereocenters. The molecule has 1 rings (SSSR count). The molecular formula is C11H19NS2. The molecule has 80 valence electrons. The van der Waals surface area contributed by atoms with E-state index in [2.05, 4.69) is 33.1 Å². The van der Waals surface area contributed by atoms with Gasteiger partial charge < -0.3 is 5.73 Å². The Kier molecular flexibility index (Phi) is 4.04. The van der Waals surface area contributed by atoms with Crippen molar-refractivity contribution in [1.29, 1.82) is 0 Å². The van der Waals surface area contributed by atoms with E-state index in [1.165, 1.54) is 21.1 Å². The normalized spacial score (nSPS) is 12.1. The largest absolute Gasteiger partial charge is 0.322 e. The van der Waals surface area contributed by atoms with Crippen LogP contribution in [0.5, 0.6) is 0 Å². The molecule has 1 aromatic heterocycles. The maximum absolute atomic E-state index is 6.14. The van der Waals surface area contributed by atoms with Gasteiger partial charge in [0.1, 0.15) is 0 Å². The lowest BCUT2D eigenvalue weighted by Gasteiger charge is -2.19. The number of thioether (sulfide) groups is 1. The van der Waals surface area contributed by atoms with Crippen molar-refractivity contribution in [3.63, 3.8) is 0 Å². The van der Waals surface area contributed by atoms with Gasteiger partial charge in [-0.3, -0.25) is 0 Å². The first-order valence-electron chi connectivity index (χ1n) is 4.82. The number of thiophene rings is 1. The zero-order chi connectivity index (χ0) is 10.8. The fraction of sp³-hybridized carbons (Fsp3) is 0.636. The fourth-order valence-electron chi connectivity index (χ4n) is 1.49. The van der Waals surface area contributed by atoms with Crippen molar-refractivity contribution in [3.05, 3.63) is 21.4 Å². The molecule has 0 saturated carbocycles. The lowest BCUT2D eigenvalue weighted by Crippen LogP contribution is -2.29. The predicted octanol–water partition coefficient (Wildman–Crippen LogP) is 3.16. The average Bonchev–Trinajstić information content (AvgIpc) is 2.42. The van der Waals surface area contributed by atoms with Crippen LogP contribution in [0.1, 0.15) is 29.2 Å². The smallest absolute Gasteiger partial charge is 0.0363 e. The summed E-state index contributed by atoms with van der Waals surface area (Å²) in [5, 5.41) is 0. The molecule has 0 aliphatic carbocycles. The van der Waals surface area contributed by atoms with Crippen LogP contribution in [0.15, 0.2) is 6.07 Å². The summed E-state index contributed by atoms with van der Waals surface area (Å²) in [4.78, 5) is 2.83. The van der Waals surface area contributed by atoms with Gasteiger partial charge in [-0.15, -0.1) is 11.3 Å². The van der Waals surface area contributed by atoms with Crippen molar-refractivity contribution in [2.75, 3.05) is 12.0 Å². The molecular weight excluding hydrogens is 210 g/mol. The van der Waals surface area contributed by atoms with E-state index in [0.717, 1.165) is 6.42 Å². The van der Waals surface area contributed by atoms with Crippen LogP contribution in [0.3, 0.4) is 0 Å². The van der Waals surface area contributed by atoms with Crippen molar-refractivity contribution in [1.82, 2.24) is 0 Å². The number of hydrogen-bond donors (Lipinski definition) is 1. The Morgan fingerprint density at radius 1 is 1.50 bits per heavy atom. The van der Waals surface area contributed by atoms with Crippen LogP contribution < -0.4 is 5.73 Å². The summed E-state index contributed by atoms with van der Waals surface area (Å²) in [7, 11) is 0.